The summed E-state index contributed by atoms with van der Waals surface area (Å²) < 4.78 is 0. The molecule has 1 spiro atoms. The number of nitrogens with zero attached hydrogens (tertiary/aromatic N) is 3. The standard InChI is InChI=1S/C20H26N4O2/c1-2-11-23-12-5-9-20(19(23)26)10-6-13-24(20)18(25)14-17-15-7-3-4-8-16(15)21-22-17/h3-4,7-8H,2,5-6,9-14H2,1H3,(H,21,22). The van der Waals surface area contributed by atoms with Gasteiger partial charge in [0.2, 0.25) is 11.8 Å². The fourth-order valence-electron chi connectivity index (χ4n) is 4.67. The Morgan fingerprint density at radius 3 is 2.81 bits per heavy atom. The molecular formula is C20H26N4O2. The summed E-state index contributed by atoms with van der Waals surface area (Å²) in [6.07, 6.45) is 4.69. The summed E-state index contributed by atoms with van der Waals surface area (Å²) in [5.41, 5.74) is 1.09. The minimum Gasteiger partial charge on any atom is -0.341 e. The Labute approximate surface area is 153 Å². The molecule has 138 valence electrons. The molecule has 1 N–H and O–H groups in total. The molecule has 6 heteroatoms. The molecule has 2 saturated heterocycles. The van der Waals surface area contributed by atoms with Gasteiger partial charge in [-0.25, -0.2) is 0 Å². The number of carbonyl (C=O) groups is 2. The van der Waals surface area contributed by atoms with Gasteiger partial charge in [0.15, 0.2) is 0 Å². The molecular weight excluding hydrogens is 328 g/mol. The first-order chi connectivity index (χ1) is 12.7. The van der Waals surface area contributed by atoms with Gasteiger partial charge in [-0.1, -0.05) is 25.1 Å². The van der Waals surface area contributed by atoms with E-state index in [0.29, 0.717) is 6.54 Å². The third-order valence-corrected chi connectivity index (χ3v) is 5.86. The Bertz CT molecular complexity index is 828. The van der Waals surface area contributed by atoms with Crippen LogP contribution in [0.5, 0.6) is 0 Å². The van der Waals surface area contributed by atoms with E-state index in [4.69, 9.17) is 0 Å². The lowest BCUT2D eigenvalue weighted by Crippen LogP contribution is -2.61. The van der Waals surface area contributed by atoms with Crippen molar-refractivity contribution in [2.75, 3.05) is 19.6 Å². The van der Waals surface area contributed by atoms with Crippen LogP contribution in [-0.4, -0.2) is 57.0 Å². The second-order valence-electron chi connectivity index (χ2n) is 7.47. The molecule has 4 rings (SSSR count). The Morgan fingerprint density at radius 2 is 2.00 bits per heavy atom. The average molecular weight is 354 g/mol. The van der Waals surface area contributed by atoms with E-state index in [9.17, 15) is 9.59 Å². The molecule has 1 aromatic heterocycles. The van der Waals surface area contributed by atoms with Gasteiger partial charge < -0.3 is 9.80 Å². The number of aromatic amines is 1. The molecule has 0 bridgehead atoms. The molecule has 6 nitrogen and oxygen atoms in total. The van der Waals surface area contributed by atoms with E-state index >= 15 is 0 Å². The average Bonchev–Trinajstić information content (AvgIpc) is 3.25. The molecule has 2 fully saturated rings. The van der Waals surface area contributed by atoms with E-state index in [0.717, 1.165) is 61.8 Å². The highest BCUT2D eigenvalue weighted by Gasteiger charge is 2.52. The zero-order valence-corrected chi connectivity index (χ0v) is 15.3. The van der Waals surface area contributed by atoms with Crippen LogP contribution in [0.25, 0.3) is 10.9 Å². The van der Waals surface area contributed by atoms with E-state index in [1.165, 1.54) is 0 Å². The third-order valence-electron chi connectivity index (χ3n) is 5.86. The van der Waals surface area contributed by atoms with Gasteiger partial charge in [-0.2, -0.15) is 5.10 Å². The number of aromatic nitrogens is 2. The fourth-order valence-corrected chi connectivity index (χ4v) is 4.67. The van der Waals surface area contributed by atoms with Crippen LogP contribution in [0.15, 0.2) is 24.3 Å². The zero-order valence-electron chi connectivity index (χ0n) is 15.3. The van der Waals surface area contributed by atoms with E-state index in [-0.39, 0.29) is 18.2 Å². The topological polar surface area (TPSA) is 69.3 Å². The number of para-hydroxylation sites is 1. The van der Waals surface area contributed by atoms with E-state index in [1.807, 2.05) is 34.1 Å². The summed E-state index contributed by atoms with van der Waals surface area (Å²) >= 11 is 0. The second-order valence-corrected chi connectivity index (χ2v) is 7.47. The first-order valence-corrected chi connectivity index (χ1v) is 9.67. The summed E-state index contributed by atoms with van der Waals surface area (Å²) in [5, 5.41) is 8.27. The van der Waals surface area contributed by atoms with Crippen molar-refractivity contribution in [3.8, 4) is 0 Å². The SMILES string of the molecule is CCCN1CCCC2(CCCN2C(=O)Cc2[nH]nc3ccccc23)C1=O. The molecule has 3 heterocycles. The van der Waals surface area contributed by atoms with Crippen LogP contribution in [0, 0.1) is 0 Å². The molecule has 1 unspecified atom stereocenters. The predicted molar refractivity (Wildman–Crippen MR) is 99.6 cm³/mol. The minimum absolute atomic E-state index is 0.0311. The number of benzene rings is 1. The number of nitrogens with one attached hydrogen (secondary N) is 1. The highest BCUT2D eigenvalue weighted by molar-refractivity contribution is 5.94. The maximum Gasteiger partial charge on any atom is 0.248 e. The summed E-state index contributed by atoms with van der Waals surface area (Å²) in [4.78, 5) is 30.2. The first kappa shape index (κ1) is 17.1. The maximum atomic E-state index is 13.2. The smallest absolute Gasteiger partial charge is 0.248 e. The summed E-state index contributed by atoms with van der Waals surface area (Å²) in [7, 11) is 0. The van der Waals surface area contributed by atoms with Gasteiger partial charge >= 0.3 is 0 Å². The molecule has 2 aliphatic rings. The molecule has 0 saturated carbocycles. The Balaban J connectivity index is 1.58. The van der Waals surface area contributed by atoms with Crippen LogP contribution in [0.1, 0.15) is 44.7 Å². The number of likely N-dealkylation sites (tertiary alicyclic amines) is 2. The van der Waals surface area contributed by atoms with Gasteiger partial charge in [0.1, 0.15) is 5.54 Å². The number of amides is 2. The molecule has 2 aliphatic heterocycles. The van der Waals surface area contributed by atoms with Crippen LogP contribution in [0.2, 0.25) is 0 Å². The van der Waals surface area contributed by atoms with Crippen molar-refractivity contribution in [1.82, 2.24) is 20.0 Å². The highest BCUT2D eigenvalue weighted by atomic mass is 16.2. The van der Waals surface area contributed by atoms with E-state index in [1.54, 1.807) is 0 Å². The van der Waals surface area contributed by atoms with E-state index < -0.39 is 5.54 Å². The quantitative estimate of drug-likeness (QED) is 0.917. The van der Waals surface area contributed by atoms with Crippen LogP contribution in [0.4, 0.5) is 0 Å². The molecule has 1 aromatic carbocycles. The highest BCUT2D eigenvalue weighted by Crippen LogP contribution is 2.38. The van der Waals surface area contributed by atoms with Gasteiger partial charge in [0.25, 0.3) is 0 Å². The van der Waals surface area contributed by atoms with Crippen molar-refractivity contribution >= 4 is 22.7 Å². The normalized spacial score (nSPS) is 23.3. The Morgan fingerprint density at radius 1 is 1.23 bits per heavy atom. The summed E-state index contributed by atoms with van der Waals surface area (Å²) in [6, 6.07) is 7.81. The van der Waals surface area contributed by atoms with Gasteiger partial charge in [-0.3, -0.25) is 14.7 Å². The first-order valence-electron chi connectivity index (χ1n) is 9.67. The lowest BCUT2D eigenvalue weighted by molar-refractivity contribution is -0.155. The summed E-state index contributed by atoms with van der Waals surface area (Å²) in [5.74, 6) is 0.189. The zero-order chi connectivity index (χ0) is 18.1. The minimum atomic E-state index is -0.611. The molecule has 1 atom stereocenters. The monoisotopic (exact) mass is 354 g/mol. The van der Waals surface area contributed by atoms with Gasteiger partial charge in [0.05, 0.1) is 17.6 Å². The Kier molecular flexibility index (Phi) is 4.42. The Hall–Kier alpha value is -2.37. The van der Waals surface area contributed by atoms with Gasteiger partial charge in [-0.15, -0.1) is 0 Å². The fraction of sp³-hybridized carbons (Fsp3) is 0.550. The number of hydrogen-bond donors (Lipinski definition) is 1. The van der Waals surface area contributed by atoms with Crippen LogP contribution < -0.4 is 0 Å². The second kappa shape index (κ2) is 6.74. The van der Waals surface area contributed by atoms with Crippen LogP contribution in [-0.2, 0) is 16.0 Å². The molecule has 0 radical (unpaired) electrons. The summed E-state index contributed by atoms with van der Waals surface area (Å²) in [6.45, 7) is 4.38. The lowest BCUT2D eigenvalue weighted by atomic mass is 9.85. The number of H-pyrrole nitrogens is 1. The van der Waals surface area contributed by atoms with Crippen molar-refractivity contribution in [1.29, 1.82) is 0 Å². The van der Waals surface area contributed by atoms with Crippen molar-refractivity contribution in [2.45, 2.75) is 51.0 Å². The molecule has 26 heavy (non-hydrogen) atoms. The number of rotatable bonds is 4. The van der Waals surface area contributed by atoms with Crippen molar-refractivity contribution in [2.24, 2.45) is 0 Å². The number of fused-ring (bicyclic) bond motifs is 1. The maximum absolute atomic E-state index is 13.2. The van der Waals surface area contributed by atoms with E-state index in [2.05, 4.69) is 17.1 Å². The molecule has 2 aromatic rings. The predicted octanol–water partition coefficient (Wildman–Crippen LogP) is 2.50. The van der Waals surface area contributed by atoms with Crippen molar-refractivity contribution in [3.05, 3.63) is 30.0 Å². The van der Waals surface area contributed by atoms with Gasteiger partial charge in [0, 0.05) is 25.0 Å². The lowest BCUT2D eigenvalue weighted by Gasteiger charge is -2.44. The van der Waals surface area contributed by atoms with Gasteiger partial charge in [-0.05, 0) is 38.2 Å². The van der Waals surface area contributed by atoms with Crippen LogP contribution in [0.3, 0.4) is 0 Å². The molecule has 2 amide bonds. The third kappa shape index (κ3) is 2.68. The largest absolute Gasteiger partial charge is 0.341 e. The van der Waals surface area contributed by atoms with Crippen LogP contribution >= 0.6 is 0 Å². The number of hydrogen-bond acceptors (Lipinski definition) is 3. The number of carbonyl (C=O) groups excluding carboxylic acids is 2. The van der Waals surface area contributed by atoms with Crippen molar-refractivity contribution in [3.63, 3.8) is 0 Å². The molecule has 0 aliphatic carbocycles. The van der Waals surface area contributed by atoms with Crippen molar-refractivity contribution < 1.29 is 9.59 Å². The number of piperidine rings is 1.